The van der Waals surface area contributed by atoms with Gasteiger partial charge >= 0.3 is 11.4 Å². The van der Waals surface area contributed by atoms with E-state index in [9.17, 15) is 9.32 Å². The molecule has 0 bridgehead atoms. The van der Waals surface area contributed by atoms with Crippen LogP contribution in [0.15, 0.2) is 65.8 Å². The van der Waals surface area contributed by atoms with Crippen molar-refractivity contribution < 1.29 is 17.7 Å². The van der Waals surface area contributed by atoms with Crippen molar-refractivity contribution in [2.45, 2.75) is 38.2 Å². The number of aliphatic hydroxyl groups excluding tert-OH is 1. The molecule has 1 unspecified atom stereocenters. The Morgan fingerprint density at radius 1 is 1.12 bits per heavy atom. The standard InChI is InChI=1S/C9H11N3O.C9H10O3S/c1-7(13)9(11-12-10)8-5-3-2-4-6-8;1-7-9(12-13(10)11-7)8-5-3-2-4-6-8/h2-7,9,13H,1H3;2-7,9H,1H3/t7-,9-;7-,9+,13?/m11/s1. The number of aliphatic hydroxyl groups is 1. The van der Waals surface area contributed by atoms with E-state index in [1.54, 1.807) is 6.92 Å². The van der Waals surface area contributed by atoms with Crippen LogP contribution in [0, 0.1) is 0 Å². The SMILES string of the molecule is C[C@@H](O)[C@@H](N=[N+]=[N-])c1ccccc1.C[C@H]1OS(=O)O[C@@H]1c1ccccc1. The van der Waals surface area contributed by atoms with Gasteiger partial charge < -0.3 is 5.11 Å². The van der Waals surface area contributed by atoms with Crippen LogP contribution in [0.3, 0.4) is 0 Å². The van der Waals surface area contributed by atoms with Gasteiger partial charge in [0.2, 0.25) is 0 Å². The van der Waals surface area contributed by atoms with Crippen LogP contribution < -0.4 is 0 Å². The van der Waals surface area contributed by atoms with Gasteiger partial charge in [-0.05, 0) is 30.5 Å². The Labute approximate surface area is 155 Å². The molecule has 1 aliphatic rings. The summed E-state index contributed by atoms with van der Waals surface area (Å²) in [6.45, 7) is 3.45. The van der Waals surface area contributed by atoms with Crippen molar-refractivity contribution in [3.05, 3.63) is 82.2 Å². The Hall–Kier alpha value is -2.22. The maximum Gasteiger partial charge on any atom is 0.305 e. The van der Waals surface area contributed by atoms with Gasteiger partial charge in [0.25, 0.3) is 0 Å². The minimum Gasteiger partial charge on any atom is -0.393 e. The fourth-order valence-electron chi connectivity index (χ4n) is 2.48. The van der Waals surface area contributed by atoms with Gasteiger partial charge in [-0.2, -0.15) is 4.21 Å². The summed E-state index contributed by atoms with van der Waals surface area (Å²) in [5.74, 6) is 0. The van der Waals surface area contributed by atoms with Crippen molar-refractivity contribution in [1.82, 2.24) is 0 Å². The molecule has 2 aromatic carbocycles. The van der Waals surface area contributed by atoms with E-state index in [1.807, 2.05) is 67.6 Å². The van der Waals surface area contributed by atoms with Crippen LogP contribution in [0.5, 0.6) is 0 Å². The van der Waals surface area contributed by atoms with Crippen molar-refractivity contribution in [3.8, 4) is 0 Å². The zero-order valence-electron chi connectivity index (χ0n) is 14.5. The highest BCUT2D eigenvalue weighted by Crippen LogP contribution is 2.30. The second-order valence-electron chi connectivity index (χ2n) is 5.73. The Balaban J connectivity index is 0.000000187. The second-order valence-corrected chi connectivity index (χ2v) is 6.53. The average Bonchev–Trinajstić information content (AvgIpc) is 2.99. The Kier molecular flexibility index (Phi) is 7.77. The highest BCUT2D eigenvalue weighted by atomic mass is 32.2. The predicted molar refractivity (Wildman–Crippen MR) is 99.0 cm³/mol. The summed E-state index contributed by atoms with van der Waals surface area (Å²) in [6.07, 6.45) is -1.02. The fraction of sp³-hybridized carbons (Fsp3) is 0.333. The average molecular weight is 375 g/mol. The molecule has 0 spiro atoms. The maximum atomic E-state index is 10.9. The van der Waals surface area contributed by atoms with Gasteiger partial charge in [-0.1, -0.05) is 65.8 Å². The van der Waals surface area contributed by atoms with Gasteiger partial charge in [-0.25, -0.2) is 0 Å². The topological polar surface area (TPSA) is 105 Å². The Morgan fingerprint density at radius 2 is 1.69 bits per heavy atom. The molecule has 1 N–H and O–H groups in total. The summed E-state index contributed by atoms with van der Waals surface area (Å²) >= 11 is -1.58. The number of hydrogen-bond acceptors (Lipinski definition) is 5. The lowest BCUT2D eigenvalue weighted by Crippen LogP contribution is -2.11. The first-order valence-corrected chi connectivity index (χ1v) is 9.11. The minimum absolute atomic E-state index is 0.150. The zero-order valence-corrected chi connectivity index (χ0v) is 15.3. The molecule has 1 heterocycles. The van der Waals surface area contributed by atoms with Crippen LogP contribution >= 0.6 is 0 Å². The zero-order chi connectivity index (χ0) is 18.9. The molecule has 1 saturated heterocycles. The quantitative estimate of drug-likeness (QED) is 0.492. The van der Waals surface area contributed by atoms with Crippen LogP contribution in [-0.2, 0) is 19.7 Å². The van der Waals surface area contributed by atoms with Gasteiger partial charge in [0.15, 0.2) is 0 Å². The summed E-state index contributed by atoms with van der Waals surface area (Å²) in [6, 6.07) is 18.4. The lowest BCUT2D eigenvalue weighted by atomic mass is 10.0. The largest absolute Gasteiger partial charge is 0.393 e. The molecule has 138 valence electrons. The summed E-state index contributed by atoms with van der Waals surface area (Å²) in [4.78, 5) is 2.70. The molecule has 0 aliphatic carbocycles. The molecule has 7 nitrogen and oxygen atoms in total. The molecular weight excluding hydrogens is 354 g/mol. The molecule has 0 aromatic heterocycles. The number of nitrogens with zero attached hydrogens (tertiary/aromatic N) is 3. The third-order valence-electron chi connectivity index (χ3n) is 3.74. The van der Waals surface area contributed by atoms with Crippen molar-refractivity contribution in [2.24, 2.45) is 5.11 Å². The summed E-state index contributed by atoms with van der Waals surface area (Å²) in [7, 11) is 0. The Bertz CT molecular complexity index is 752. The lowest BCUT2D eigenvalue weighted by Gasteiger charge is -2.13. The number of azide groups is 1. The molecule has 3 rings (SSSR count). The van der Waals surface area contributed by atoms with Gasteiger partial charge in [-0.3, -0.25) is 8.37 Å². The van der Waals surface area contributed by atoms with E-state index in [1.165, 1.54) is 0 Å². The molecule has 0 saturated carbocycles. The molecule has 26 heavy (non-hydrogen) atoms. The van der Waals surface area contributed by atoms with E-state index < -0.39 is 23.5 Å². The smallest absolute Gasteiger partial charge is 0.305 e. The van der Waals surface area contributed by atoms with Crippen LogP contribution in [0.2, 0.25) is 0 Å². The number of rotatable bonds is 4. The van der Waals surface area contributed by atoms with Crippen LogP contribution in [0.4, 0.5) is 0 Å². The Morgan fingerprint density at radius 3 is 2.15 bits per heavy atom. The molecule has 0 amide bonds. The second kappa shape index (κ2) is 10.1. The first kappa shape index (κ1) is 20.1. The van der Waals surface area contributed by atoms with Gasteiger partial charge in [0.05, 0.1) is 12.1 Å². The number of benzene rings is 2. The van der Waals surface area contributed by atoms with Gasteiger partial charge in [0.1, 0.15) is 12.2 Å². The first-order valence-electron chi connectivity index (χ1n) is 8.11. The van der Waals surface area contributed by atoms with E-state index in [2.05, 4.69) is 10.0 Å². The first-order chi connectivity index (χ1) is 12.5. The van der Waals surface area contributed by atoms with E-state index in [-0.39, 0.29) is 12.2 Å². The molecule has 0 radical (unpaired) electrons. The molecule has 1 fully saturated rings. The molecular formula is C18H21N3O4S. The summed E-state index contributed by atoms with van der Waals surface area (Å²) < 4.78 is 21.0. The lowest BCUT2D eigenvalue weighted by molar-refractivity contribution is 0.164. The summed E-state index contributed by atoms with van der Waals surface area (Å²) in [5.41, 5.74) is 10.1. The molecule has 2 aromatic rings. The third kappa shape index (κ3) is 5.66. The highest BCUT2D eigenvalue weighted by molar-refractivity contribution is 7.75. The van der Waals surface area contributed by atoms with Gasteiger partial charge in [-0.15, -0.1) is 0 Å². The monoisotopic (exact) mass is 375 g/mol. The molecule has 8 heteroatoms. The van der Waals surface area contributed by atoms with E-state index in [0.717, 1.165) is 11.1 Å². The van der Waals surface area contributed by atoms with Crippen LogP contribution in [-0.4, -0.2) is 21.5 Å². The fourth-order valence-corrected chi connectivity index (χ4v) is 3.31. The van der Waals surface area contributed by atoms with E-state index in [4.69, 9.17) is 13.9 Å². The molecule has 5 atom stereocenters. The van der Waals surface area contributed by atoms with Crippen molar-refractivity contribution in [2.75, 3.05) is 0 Å². The molecule has 1 aliphatic heterocycles. The van der Waals surface area contributed by atoms with E-state index >= 15 is 0 Å². The normalized spacial score (nSPS) is 23.9. The van der Waals surface area contributed by atoms with Crippen molar-refractivity contribution in [1.29, 1.82) is 0 Å². The maximum absolute atomic E-state index is 10.9. The number of hydrogen-bond donors (Lipinski definition) is 1. The van der Waals surface area contributed by atoms with Crippen molar-refractivity contribution in [3.63, 3.8) is 0 Å². The van der Waals surface area contributed by atoms with Crippen LogP contribution in [0.25, 0.3) is 10.4 Å². The minimum atomic E-state index is -1.58. The van der Waals surface area contributed by atoms with Gasteiger partial charge in [0, 0.05) is 4.91 Å². The highest BCUT2D eigenvalue weighted by Gasteiger charge is 2.32. The third-order valence-corrected chi connectivity index (χ3v) is 4.57. The van der Waals surface area contributed by atoms with E-state index in [0.29, 0.717) is 0 Å². The predicted octanol–water partition coefficient (Wildman–Crippen LogP) is 4.16. The summed E-state index contributed by atoms with van der Waals surface area (Å²) in [5, 5.41) is 12.9. The van der Waals surface area contributed by atoms with Crippen molar-refractivity contribution >= 4 is 11.4 Å². The van der Waals surface area contributed by atoms with Crippen LogP contribution in [0.1, 0.15) is 37.1 Å².